The number of nitrogens with one attached hydrogen (secondary N) is 1. The van der Waals surface area contributed by atoms with E-state index in [2.05, 4.69) is 33.2 Å². The molecule has 2 aromatic carbocycles. The largest absolute Gasteiger partial charge is 0.486 e. The van der Waals surface area contributed by atoms with Crippen LogP contribution in [-0.4, -0.2) is 47.2 Å². The van der Waals surface area contributed by atoms with E-state index >= 15 is 0 Å². The van der Waals surface area contributed by atoms with E-state index < -0.39 is 0 Å². The van der Waals surface area contributed by atoms with Gasteiger partial charge in [-0.25, -0.2) is 0 Å². The van der Waals surface area contributed by atoms with Crippen molar-refractivity contribution in [2.45, 2.75) is 32.3 Å². The summed E-state index contributed by atoms with van der Waals surface area (Å²) in [5.41, 5.74) is 4.49. The first-order chi connectivity index (χ1) is 16.1. The maximum atomic E-state index is 6.44. The predicted molar refractivity (Wildman–Crippen MR) is 133 cm³/mol. The van der Waals surface area contributed by atoms with Crippen molar-refractivity contribution >= 4 is 33.4 Å². The van der Waals surface area contributed by atoms with Gasteiger partial charge >= 0.3 is 0 Å². The molecule has 1 fully saturated rings. The molecule has 170 valence electrons. The Balaban J connectivity index is 1.07. The van der Waals surface area contributed by atoms with Crippen LogP contribution in [0.5, 0.6) is 11.5 Å². The molecule has 0 radical (unpaired) electrons. The number of halogens is 1. The summed E-state index contributed by atoms with van der Waals surface area (Å²) < 4.78 is 12.5. The van der Waals surface area contributed by atoms with Crippen LogP contribution in [0.3, 0.4) is 0 Å². The molecule has 33 heavy (non-hydrogen) atoms. The summed E-state index contributed by atoms with van der Waals surface area (Å²) in [6.07, 6.45) is 5.72. The number of piperidine rings is 1. The summed E-state index contributed by atoms with van der Waals surface area (Å²) in [6.45, 7) is 5.70. The summed E-state index contributed by atoms with van der Waals surface area (Å²) in [4.78, 5) is 10.5. The Morgan fingerprint density at radius 3 is 2.82 bits per heavy atom. The van der Waals surface area contributed by atoms with Crippen molar-refractivity contribution in [2.75, 3.05) is 26.2 Å². The minimum atomic E-state index is 0.0410. The van der Waals surface area contributed by atoms with Crippen LogP contribution in [0.15, 0.2) is 48.7 Å². The number of H-pyrrole nitrogens is 1. The summed E-state index contributed by atoms with van der Waals surface area (Å²) in [5, 5.41) is 3.10. The van der Waals surface area contributed by atoms with E-state index in [0.29, 0.717) is 12.5 Å². The van der Waals surface area contributed by atoms with Crippen LogP contribution < -0.4 is 9.47 Å². The Morgan fingerprint density at radius 2 is 1.94 bits per heavy atom. The van der Waals surface area contributed by atoms with Crippen LogP contribution in [0.1, 0.15) is 24.1 Å². The zero-order valence-corrected chi connectivity index (χ0v) is 19.6. The highest BCUT2D eigenvalue weighted by atomic mass is 35.5. The summed E-state index contributed by atoms with van der Waals surface area (Å²) in [7, 11) is 0. The number of ether oxygens (including phenoxy) is 2. The van der Waals surface area contributed by atoms with Crippen molar-refractivity contribution in [3.8, 4) is 11.5 Å². The molecule has 0 amide bonds. The lowest BCUT2D eigenvalue weighted by Gasteiger charge is -2.36. The number of hydrogen-bond acceptors (Lipinski definition) is 4. The molecule has 6 heteroatoms. The van der Waals surface area contributed by atoms with Crippen LogP contribution >= 0.6 is 11.6 Å². The molecule has 0 saturated carbocycles. The van der Waals surface area contributed by atoms with Crippen molar-refractivity contribution < 1.29 is 9.47 Å². The number of aryl methyl sites for hydroxylation is 1. The summed E-state index contributed by atoms with van der Waals surface area (Å²) in [5.74, 6) is 2.37. The van der Waals surface area contributed by atoms with E-state index in [1.54, 1.807) is 0 Å². The molecule has 4 aromatic rings. The summed E-state index contributed by atoms with van der Waals surface area (Å²) in [6, 6.07) is 14.2. The Labute approximate surface area is 198 Å². The van der Waals surface area contributed by atoms with Gasteiger partial charge in [-0.05, 0) is 87.2 Å². The number of pyridine rings is 1. The predicted octanol–water partition coefficient (Wildman–Crippen LogP) is 5.77. The van der Waals surface area contributed by atoms with Crippen molar-refractivity contribution in [2.24, 2.45) is 5.92 Å². The van der Waals surface area contributed by atoms with Crippen molar-refractivity contribution in [3.05, 3.63) is 64.9 Å². The maximum absolute atomic E-state index is 6.44. The van der Waals surface area contributed by atoms with Gasteiger partial charge in [0.15, 0.2) is 11.5 Å². The lowest BCUT2D eigenvalue weighted by Crippen LogP contribution is -2.44. The topological polar surface area (TPSA) is 50.4 Å². The number of hydrogen-bond donors (Lipinski definition) is 1. The fourth-order valence-electron chi connectivity index (χ4n) is 5.27. The van der Waals surface area contributed by atoms with Crippen LogP contribution in [0.4, 0.5) is 0 Å². The third kappa shape index (κ3) is 4.16. The van der Waals surface area contributed by atoms with E-state index in [0.717, 1.165) is 64.7 Å². The van der Waals surface area contributed by atoms with Crippen LogP contribution in [0.2, 0.25) is 5.02 Å². The second-order valence-electron chi connectivity index (χ2n) is 9.41. The van der Waals surface area contributed by atoms with Gasteiger partial charge in [-0.2, -0.15) is 0 Å². The van der Waals surface area contributed by atoms with Gasteiger partial charge in [-0.1, -0.05) is 17.7 Å². The lowest BCUT2D eigenvalue weighted by molar-refractivity contribution is 0.0492. The molecule has 5 nitrogen and oxygen atoms in total. The highest BCUT2D eigenvalue weighted by Gasteiger charge is 2.28. The number of benzene rings is 2. The third-order valence-electron chi connectivity index (χ3n) is 7.04. The minimum Gasteiger partial charge on any atom is -0.486 e. The SMILES string of the molecule is Cc1ccc2c3c(ccc2n1)OCC(CN1CCC(Cc2c[nH]c4cc(Cl)ccc24)CC1)O3. The molecule has 2 aliphatic heterocycles. The molecular weight excluding hydrogens is 434 g/mol. The first-order valence-electron chi connectivity index (χ1n) is 11.8. The number of fused-ring (bicyclic) bond motifs is 4. The van der Waals surface area contributed by atoms with Crippen LogP contribution in [-0.2, 0) is 6.42 Å². The zero-order valence-electron chi connectivity index (χ0n) is 18.8. The average Bonchev–Trinajstić information content (AvgIpc) is 3.21. The van der Waals surface area contributed by atoms with Crippen LogP contribution in [0, 0.1) is 12.8 Å². The molecular formula is C27H28ClN3O2. The highest BCUT2D eigenvalue weighted by molar-refractivity contribution is 6.31. The molecule has 4 heterocycles. The zero-order chi connectivity index (χ0) is 22.4. The average molecular weight is 462 g/mol. The van der Waals surface area contributed by atoms with E-state index in [-0.39, 0.29) is 6.10 Å². The van der Waals surface area contributed by atoms with Crippen LogP contribution in [0.25, 0.3) is 21.8 Å². The van der Waals surface area contributed by atoms with E-state index in [1.165, 1.54) is 23.8 Å². The van der Waals surface area contributed by atoms with Crippen molar-refractivity contribution in [3.63, 3.8) is 0 Å². The van der Waals surface area contributed by atoms with Gasteiger partial charge < -0.3 is 14.5 Å². The van der Waals surface area contributed by atoms with E-state index in [9.17, 15) is 0 Å². The van der Waals surface area contributed by atoms with E-state index in [4.69, 9.17) is 21.1 Å². The lowest BCUT2D eigenvalue weighted by atomic mass is 9.90. The molecule has 2 aromatic heterocycles. The first kappa shape index (κ1) is 20.8. The second-order valence-corrected chi connectivity index (χ2v) is 9.85. The normalized spacial score (nSPS) is 19.4. The number of aromatic nitrogens is 2. The molecule has 1 unspecified atom stereocenters. The molecule has 1 saturated heterocycles. The Bertz CT molecular complexity index is 1310. The van der Waals surface area contributed by atoms with Crippen molar-refractivity contribution in [1.29, 1.82) is 0 Å². The van der Waals surface area contributed by atoms with Crippen molar-refractivity contribution in [1.82, 2.24) is 14.9 Å². The first-order valence-corrected chi connectivity index (χ1v) is 12.2. The molecule has 0 aliphatic carbocycles. The number of rotatable bonds is 4. The van der Waals surface area contributed by atoms with Gasteiger partial charge in [-0.15, -0.1) is 0 Å². The highest BCUT2D eigenvalue weighted by Crippen LogP contribution is 2.38. The fraction of sp³-hybridized carbons (Fsp3) is 0.370. The maximum Gasteiger partial charge on any atom is 0.171 e. The third-order valence-corrected chi connectivity index (χ3v) is 7.28. The molecule has 1 N–H and O–H groups in total. The standard InChI is InChI=1S/C27H28ClN3O2/c1-17-2-4-23-24(30-17)6-7-26-27(23)33-21(16-32-26)15-31-10-8-18(9-11-31)12-19-14-29-25-13-20(28)3-5-22(19)25/h2-7,13-14,18,21,29H,8-12,15-16H2,1H3. The number of likely N-dealkylation sites (tertiary alicyclic amines) is 1. The fourth-order valence-corrected chi connectivity index (χ4v) is 5.44. The van der Waals surface area contributed by atoms with Gasteiger partial charge in [0.2, 0.25) is 0 Å². The van der Waals surface area contributed by atoms with E-state index in [1.807, 2.05) is 37.3 Å². The van der Waals surface area contributed by atoms with Gasteiger partial charge in [-0.3, -0.25) is 9.88 Å². The Hall–Kier alpha value is -2.76. The van der Waals surface area contributed by atoms with Gasteiger partial charge in [0.1, 0.15) is 12.7 Å². The molecule has 2 aliphatic rings. The Morgan fingerprint density at radius 1 is 1.09 bits per heavy atom. The monoisotopic (exact) mass is 461 g/mol. The molecule has 0 spiro atoms. The molecule has 0 bridgehead atoms. The number of aromatic amines is 1. The quantitative estimate of drug-likeness (QED) is 0.419. The van der Waals surface area contributed by atoms with Gasteiger partial charge in [0, 0.05) is 39.7 Å². The molecule has 1 atom stereocenters. The minimum absolute atomic E-state index is 0.0410. The summed E-state index contributed by atoms with van der Waals surface area (Å²) >= 11 is 6.13. The smallest absolute Gasteiger partial charge is 0.171 e. The Kier molecular flexibility index (Phi) is 5.39. The molecule has 6 rings (SSSR count). The number of nitrogens with zero attached hydrogens (tertiary/aromatic N) is 2. The van der Waals surface area contributed by atoms with Gasteiger partial charge in [0.05, 0.1) is 5.52 Å². The second kappa shape index (κ2) is 8.54. The van der Waals surface area contributed by atoms with Gasteiger partial charge in [0.25, 0.3) is 0 Å².